The summed E-state index contributed by atoms with van der Waals surface area (Å²) in [6, 6.07) is 22.4. The van der Waals surface area contributed by atoms with E-state index in [9.17, 15) is 9.59 Å². The van der Waals surface area contributed by atoms with Crippen molar-refractivity contribution in [1.29, 1.82) is 0 Å². The van der Waals surface area contributed by atoms with Crippen molar-refractivity contribution in [1.82, 2.24) is 14.9 Å². The predicted octanol–water partition coefficient (Wildman–Crippen LogP) is 10.1. The minimum Gasteiger partial charge on any atom is -0.428 e. The molecule has 0 bridgehead atoms. The fraction of sp³-hybridized carbons (Fsp3) is 0.475. The molecule has 5 rings (SSSR count). The highest BCUT2D eigenvalue weighted by Gasteiger charge is 2.28. The van der Waals surface area contributed by atoms with Crippen LogP contribution in [0.3, 0.4) is 0 Å². The SMILES string of the molecule is CCCCNC(=O)N(c1ccc2nc(CCCC)n(Cc3ccc(-c4ccccc4OC(=O)OC(C)(C)C)cc3)c2c1)C1CCCCC1. The number of benzene rings is 3. The summed E-state index contributed by atoms with van der Waals surface area (Å²) in [6.07, 6.45) is 9.90. The van der Waals surface area contributed by atoms with Gasteiger partial charge in [-0.25, -0.2) is 14.6 Å². The van der Waals surface area contributed by atoms with E-state index in [0.29, 0.717) is 18.8 Å². The molecule has 48 heavy (non-hydrogen) atoms. The molecule has 1 aliphatic rings. The molecule has 1 heterocycles. The molecule has 1 aliphatic carbocycles. The number of aryl methyl sites for hydroxylation is 1. The summed E-state index contributed by atoms with van der Waals surface area (Å²) in [5.74, 6) is 1.51. The minimum atomic E-state index is -0.724. The summed E-state index contributed by atoms with van der Waals surface area (Å²) in [5, 5.41) is 3.19. The number of nitrogens with zero attached hydrogens (tertiary/aromatic N) is 3. The standard InChI is InChI=1S/C40H52N4O4/c1-6-8-19-37-42-34-25-24-32(44(31-15-11-10-12-16-31)38(45)41-26-9-7-2)27-35(34)43(37)28-29-20-22-30(23-21-29)33-17-13-14-18-36(33)47-39(46)48-40(3,4)5/h13-14,17-18,20-25,27,31H,6-12,15-16,19,26,28H2,1-5H3,(H,41,45). The zero-order chi connectivity index (χ0) is 34.1. The highest BCUT2D eigenvalue weighted by molar-refractivity contribution is 5.95. The van der Waals surface area contributed by atoms with Crippen LogP contribution < -0.4 is 15.0 Å². The van der Waals surface area contributed by atoms with Gasteiger partial charge >= 0.3 is 12.2 Å². The molecule has 0 radical (unpaired) electrons. The highest BCUT2D eigenvalue weighted by Crippen LogP contribution is 2.33. The Balaban J connectivity index is 1.44. The lowest BCUT2D eigenvalue weighted by atomic mass is 9.94. The summed E-state index contributed by atoms with van der Waals surface area (Å²) >= 11 is 0. The number of amides is 2. The average molecular weight is 653 g/mol. The average Bonchev–Trinajstić information content (AvgIpc) is 3.40. The van der Waals surface area contributed by atoms with Crippen molar-refractivity contribution in [2.75, 3.05) is 11.4 Å². The van der Waals surface area contributed by atoms with Crippen LogP contribution in [0.4, 0.5) is 15.3 Å². The smallest absolute Gasteiger partial charge is 0.428 e. The molecule has 0 atom stereocenters. The van der Waals surface area contributed by atoms with Gasteiger partial charge < -0.3 is 19.4 Å². The molecule has 1 fully saturated rings. The fourth-order valence-electron chi connectivity index (χ4n) is 6.43. The lowest BCUT2D eigenvalue weighted by Gasteiger charge is -2.34. The van der Waals surface area contributed by atoms with Crippen LogP contribution in [-0.2, 0) is 17.7 Å². The van der Waals surface area contributed by atoms with Gasteiger partial charge in [0, 0.05) is 36.8 Å². The molecule has 2 amide bonds. The maximum absolute atomic E-state index is 13.6. The van der Waals surface area contributed by atoms with Crippen molar-refractivity contribution in [2.24, 2.45) is 0 Å². The number of nitrogens with one attached hydrogen (secondary N) is 1. The second-order valence-corrected chi connectivity index (χ2v) is 13.9. The van der Waals surface area contributed by atoms with E-state index < -0.39 is 11.8 Å². The molecule has 8 heteroatoms. The first kappa shape index (κ1) is 35.0. The molecule has 8 nitrogen and oxygen atoms in total. The van der Waals surface area contributed by atoms with Crippen LogP contribution in [0.1, 0.15) is 104 Å². The van der Waals surface area contributed by atoms with Crippen molar-refractivity contribution in [3.05, 3.63) is 78.1 Å². The number of carbonyl (C=O) groups excluding carboxylic acids is 2. The zero-order valence-electron chi connectivity index (χ0n) is 29.4. The number of aromatic nitrogens is 2. The second-order valence-electron chi connectivity index (χ2n) is 13.9. The molecule has 4 aromatic rings. The Bertz CT molecular complexity index is 1670. The van der Waals surface area contributed by atoms with Gasteiger partial charge in [-0.3, -0.25) is 4.90 Å². The molecule has 1 N–H and O–H groups in total. The maximum atomic E-state index is 13.6. The third-order valence-electron chi connectivity index (χ3n) is 8.88. The topological polar surface area (TPSA) is 85.7 Å². The van der Waals surface area contributed by atoms with Gasteiger partial charge in [-0.05, 0) is 81.8 Å². The maximum Gasteiger partial charge on any atom is 0.514 e. The van der Waals surface area contributed by atoms with Crippen molar-refractivity contribution in [3.8, 4) is 16.9 Å². The van der Waals surface area contributed by atoms with Crippen LogP contribution in [0.5, 0.6) is 5.75 Å². The van der Waals surface area contributed by atoms with Crippen molar-refractivity contribution < 1.29 is 19.1 Å². The lowest BCUT2D eigenvalue weighted by molar-refractivity contribution is 0.0207. The van der Waals surface area contributed by atoms with E-state index >= 15 is 0 Å². The molecular weight excluding hydrogens is 600 g/mol. The van der Waals surface area contributed by atoms with Gasteiger partial charge in [-0.15, -0.1) is 0 Å². The van der Waals surface area contributed by atoms with E-state index in [0.717, 1.165) is 97.0 Å². The van der Waals surface area contributed by atoms with Gasteiger partial charge in [0.15, 0.2) is 0 Å². The normalized spacial score (nSPS) is 13.8. The van der Waals surface area contributed by atoms with E-state index in [2.05, 4.69) is 66.2 Å². The number of rotatable bonds is 12. The van der Waals surface area contributed by atoms with Crippen molar-refractivity contribution in [2.45, 2.75) is 117 Å². The van der Waals surface area contributed by atoms with Gasteiger partial charge in [0.1, 0.15) is 17.2 Å². The third-order valence-corrected chi connectivity index (χ3v) is 8.88. The molecule has 3 aromatic carbocycles. The molecule has 0 aliphatic heterocycles. The summed E-state index contributed by atoms with van der Waals surface area (Å²) in [4.78, 5) is 33.2. The Morgan fingerprint density at radius 2 is 1.67 bits per heavy atom. The van der Waals surface area contributed by atoms with Crippen LogP contribution in [0, 0.1) is 0 Å². The number of anilines is 1. The number of hydrogen-bond donors (Lipinski definition) is 1. The van der Waals surface area contributed by atoms with Crippen LogP contribution in [0.25, 0.3) is 22.2 Å². The minimum absolute atomic E-state index is 0.00140. The molecular formula is C40H52N4O4. The highest BCUT2D eigenvalue weighted by atomic mass is 16.7. The molecule has 0 saturated heterocycles. The Morgan fingerprint density at radius 1 is 0.938 bits per heavy atom. The Kier molecular flexibility index (Phi) is 11.8. The second kappa shape index (κ2) is 16.2. The predicted molar refractivity (Wildman–Crippen MR) is 194 cm³/mol. The number of hydrogen-bond acceptors (Lipinski definition) is 5. The molecule has 256 valence electrons. The first-order valence-electron chi connectivity index (χ1n) is 17.8. The number of ether oxygens (including phenoxy) is 2. The van der Waals surface area contributed by atoms with Crippen molar-refractivity contribution >= 4 is 28.9 Å². The lowest BCUT2D eigenvalue weighted by Crippen LogP contribution is -2.47. The first-order valence-corrected chi connectivity index (χ1v) is 17.8. The number of urea groups is 1. The first-order chi connectivity index (χ1) is 23.2. The van der Waals surface area contributed by atoms with Gasteiger partial charge in [0.25, 0.3) is 0 Å². The Hall–Kier alpha value is -4.33. The Morgan fingerprint density at radius 3 is 2.38 bits per heavy atom. The van der Waals surface area contributed by atoms with Crippen LogP contribution >= 0.6 is 0 Å². The van der Waals surface area contributed by atoms with E-state index in [1.807, 2.05) is 43.9 Å². The monoisotopic (exact) mass is 652 g/mol. The van der Waals surface area contributed by atoms with Gasteiger partial charge in [-0.1, -0.05) is 88.4 Å². The molecule has 0 unspecified atom stereocenters. The summed E-state index contributed by atoms with van der Waals surface area (Å²) in [7, 11) is 0. The van der Waals surface area contributed by atoms with Crippen LogP contribution in [-0.4, -0.2) is 39.9 Å². The number of unbranched alkanes of at least 4 members (excludes halogenated alkanes) is 2. The van der Waals surface area contributed by atoms with Crippen LogP contribution in [0.15, 0.2) is 66.7 Å². The van der Waals surface area contributed by atoms with E-state index in [1.165, 1.54) is 6.42 Å². The third kappa shape index (κ3) is 8.97. The number of imidazole rings is 1. The number of fused-ring (bicyclic) bond motifs is 1. The van der Waals surface area contributed by atoms with E-state index in [-0.39, 0.29) is 12.1 Å². The number of carbonyl (C=O) groups is 2. The number of para-hydroxylation sites is 1. The van der Waals surface area contributed by atoms with Gasteiger partial charge in [-0.2, -0.15) is 0 Å². The van der Waals surface area contributed by atoms with Gasteiger partial charge in [0.05, 0.1) is 11.0 Å². The van der Waals surface area contributed by atoms with E-state index in [1.54, 1.807) is 6.07 Å². The quantitative estimate of drug-likeness (QED) is 0.0935. The fourth-order valence-corrected chi connectivity index (χ4v) is 6.43. The summed E-state index contributed by atoms with van der Waals surface area (Å²) < 4.78 is 13.3. The van der Waals surface area contributed by atoms with E-state index in [4.69, 9.17) is 14.5 Å². The summed E-state index contributed by atoms with van der Waals surface area (Å²) in [5.41, 5.74) is 5.18. The van der Waals surface area contributed by atoms with Crippen molar-refractivity contribution in [3.63, 3.8) is 0 Å². The van der Waals surface area contributed by atoms with Crippen LogP contribution in [0.2, 0.25) is 0 Å². The molecule has 0 spiro atoms. The summed E-state index contributed by atoms with van der Waals surface area (Å²) in [6.45, 7) is 11.1. The Labute approximate surface area is 285 Å². The molecule has 1 saturated carbocycles. The largest absolute Gasteiger partial charge is 0.514 e. The molecule has 1 aromatic heterocycles. The zero-order valence-corrected chi connectivity index (χ0v) is 29.4. The van der Waals surface area contributed by atoms with Gasteiger partial charge in [0.2, 0.25) is 0 Å².